The van der Waals surface area contributed by atoms with Gasteiger partial charge in [-0.3, -0.25) is 4.79 Å². The van der Waals surface area contributed by atoms with Gasteiger partial charge in [-0.25, -0.2) is 0 Å². The highest BCUT2D eigenvalue weighted by Crippen LogP contribution is 2.20. The Bertz CT molecular complexity index is 824. The van der Waals surface area contributed by atoms with Gasteiger partial charge in [-0.05, 0) is 24.0 Å². The van der Waals surface area contributed by atoms with Crippen molar-refractivity contribution >= 4 is 5.91 Å². The van der Waals surface area contributed by atoms with Crippen LogP contribution in [0.1, 0.15) is 34.5 Å². The summed E-state index contributed by atoms with van der Waals surface area (Å²) >= 11 is 0. The first-order valence-corrected chi connectivity index (χ1v) is 8.01. The fourth-order valence-corrected chi connectivity index (χ4v) is 2.71. The summed E-state index contributed by atoms with van der Waals surface area (Å²) in [5.74, 6) is 0.602. The highest BCUT2D eigenvalue weighted by Gasteiger charge is 2.15. The predicted octanol–water partition coefficient (Wildman–Crippen LogP) is 4.18. The largest absolute Gasteiger partial charge is 0.355 e. The molecule has 0 saturated carbocycles. The van der Waals surface area contributed by atoms with Gasteiger partial charge in [-0.2, -0.15) is 0 Å². The number of aromatic nitrogens is 1. The minimum absolute atomic E-state index is 0.221. The smallest absolute Gasteiger partial charge is 0.273 e. The maximum Gasteiger partial charge on any atom is 0.273 e. The van der Waals surface area contributed by atoms with E-state index in [-0.39, 0.29) is 11.8 Å². The van der Waals surface area contributed by atoms with E-state index >= 15 is 0 Å². The zero-order valence-corrected chi connectivity index (χ0v) is 13.8. The van der Waals surface area contributed by atoms with E-state index in [2.05, 4.69) is 36.5 Å². The van der Waals surface area contributed by atoms with Crippen LogP contribution in [-0.2, 0) is 0 Å². The summed E-state index contributed by atoms with van der Waals surface area (Å²) < 4.78 is 5.27. The van der Waals surface area contributed by atoms with Gasteiger partial charge in [0.2, 0.25) is 0 Å². The maximum absolute atomic E-state index is 12.3. The van der Waals surface area contributed by atoms with Crippen molar-refractivity contribution < 1.29 is 9.32 Å². The lowest BCUT2D eigenvalue weighted by Crippen LogP contribution is -2.27. The second kappa shape index (κ2) is 7.13. The molecule has 0 fully saturated rings. The zero-order valence-electron chi connectivity index (χ0n) is 13.8. The Morgan fingerprint density at radius 2 is 1.83 bits per heavy atom. The van der Waals surface area contributed by atoms with E-state index < -0.39 is 0 Å². The molecule has 3 aromatic rings. The van der Waals surface area contributed by atoms with E-state index in [1.54, 1.807) is 6.07 Å². The fraction of sp³-hybridized carbons (Fsp3) is 0.200. The minimum Gasteiger partial charge on any atom is -0.355 e. The summed E-state index contributed by atoms with van der Waals surface area (Å²) in [5.41, 5.74) is 3.66. The molecular formula is C20H20N2O2. The first-order chi connectivity index (χ1) is 11.6. The molecule has 2 aromatic carbocycles. The van der Waals surface area contributed by atoms with Crippen molar-refractivity contribution in [1.82, 2.24) is 10.5 Å². The normalized spacial score (nSPS) is 11.9. The van der Waals surface area contributed by atoms with E-state index in [0.29, 0.717) is 18.0 Å². The second-order valence-corrected chi connectivity index (χ2v) is 5.91. The third kappa shape index (κ3) is 3.54. The average Bonchev–Trinajstić information content (AvgIpc) is 3.11. The summed E-state index contributed by atoms with van der Waals surface area (Å²) in [6.07, 6.45) is 0. The van der Waals surface area contributed by atoms with Crippen LogP contribution in [0.5, 0.6) is 0 Å². The van der Waals surface area contributed by atoms with E-state index in [1.165, 1.54) is 11.1 Å². The molecule has 0 bridgehead atoms. The predicted molar refractivity (Wildman–Crippen MR) is 93.9 cm³/mol. The molecule has 0 saturated heterocycles. The van der Waals surface area contributed by atoms with E-state index in [0.717, 1.165) is 5.56 Å². The Hall–Kier alpha value is -2.88. The van der Waals surface area contributed by atoms with Gasteiger partial charge in [0.1, 0.15) is 0 Å². The number of benzene rings is 2. The molecule has 1 heterocycles. The molecule has 0 aliphatic carbocycles. The topological polar surface area (TPSA) is 55.1 Å². The lowest BCUT2D eigenvalue weighted by molar-refractivity contribution is 0.0942. The molecule has 0 aliphatic rings. The molecule has 3 rings (SSSR count). The van der Waals surface area contributed by atoms with Crippen molar-refractivity contribution in [2.24, 2.45) is 0 Å². The van der Waals surface area contributed by atoms with Gasteiger partial charge in [0.15, 0.2) is 11.5 Å². The number of nitrogens with one attached hydrogen (secondary N) is 1. The first-order valence-electron chi connectivity index (χ1n) is 8.01. The van der Waals surface area contributed by atoms with Crippen molar-refractivity contribution in [2.45, 2.75) is 19.8 Å². The molecule has 4 heteroatoms. The van der Waals surface area contributed by atoms with Crippen LogP contribution in [0.2, 0.25) is 0 Å². The van der Waals surface area contributed by atoms with Gasteiger partial charge in [0, 0.05) is 18.2 Å². The summed E-state index contributed by atoms with van der Waals surface area (Å²) in [6.45, 7) is 4.73. The molecule has 1 unspecified atom stereocenters. The Morgan fingerprint density at radius 3 is 2.58 bits per heavy atom. The molecule has 1 atom stereocenters. The maximum atomic E-state index is 12.3. The summed E-state index contributed by atoms with van der Waals surface area (Å²) in [5, 5.41) is 6.80. The molecule has 0 spiro atoms. The van der Waals surface area contributed by atoms with Crippen LogP contribution in [0.25, 0.3) is 11.3 Å². The minimum atomic E-state index is -0.221. The van der Waals surface area contributed by atoms with Crippen molar-refractivity contribution in [3.05, 3.63) is 77.5 Å². The summed E-state index contributed by atoms with van der Waals surface area (Å²) in [7, 11) is 0. The van der Waals surface area contributed by atoms with E-state index in [4.69, 9.17) is 4.52 Å². The Balaban J connectivity index is 1.64. The fourth-order valence-electron chi connectivity index (χ4n) is 2.71. The van der Waals surface area contributed by atoms with Crippen LogP contribution >= 0.6 is 0 Å². The number of hydrogen-bond donors (Lipinski definition) is 1. The molecule has 1 amide bonds. The SMILES string of the molecule is Cc1ccccc1C(C)CNC(=O)c1cc(-c2ccccc2)on1. The number of hydrogen-bond acceptors (Lipinski definition) is 3. The number of aryl methyl sites for hydroxylation is 1. The highest BCUT2D eigenvalue weighted by molar-refractivity contribution is 5.93. The van der Waals surface area contributed by atoms with Gasteiger partial charge < -0.3 is 9.84 Å². The van der Waals surface area contributed by atoms with E-state index in [9.17, 15) is 4.79 Å². The van der Waals surface area contributed by atoms with Crippen LogP contribution < -0.4 is 5.32 Å². The second-order valence-electron chi connectivity index (χ2n) is 5.91. The third-order valence-electron chi connectivity index (χ3n) is 4.09. The van der Waals surface area contributed by atoms with Gasteiger partial charge in [0.05, 0.1) is 0 Å². The van der Waals surface area contributed by atoms with Crippen LogP contribution in [0.15, 0.2) is 65.2 Å². The first kappa shape index (κ1) is 16.0. The van der Waals surface area contributed by atoms with Gasteiger partial charge in [-0.15, -0.1) is 0 Å². The Labute approximate surface area is 141 Å². The summed E-state index contributed by atoms with van der Waals surface area (Å²) in [6, 6.07) is 19.5. The standard InChI is InChI=1S/C20H20N2O2/c1-14-8-6-7-11-17(14)15(2)13-21-20(23)18-12-19(24-22-18)16-9-4-3-5-10-16/h3-12,15H,13H2,1-2H3,(H,21,23). The third-order valence-corrected chi connectivity index (χ3v) is 4.09. The van der Waals surface area contributed by atoms with Gasteiger partial charge in [-0.1, -0.05) is 66.7 Å². The quantitative estimate of drug-likeness (QED) is 0.767. The Kier molecular flexibility index (Phi) is 4.75. The molecular weight excluding hydrogens is 300 g/mol. The van der Waals surface area contributed by atoms with Crippen LogP contribution in [0, 0.1) is 6.92 Å². The number of rotatable bonds is 5. The number of nitrogens with zero attached hydrogens (tertiary/aromatic N) is 1. The molecule has 1 aromatic heterocycles. The Morgan fingerprint density at radius 1 is 1.12 bits per heavy atom. The van der Waals surface area contributed by atoms with Gasteiger partial charge in [0.25, 0.3) is 5.91 Å². The van der Waals surface area contributed by atoms with Crippen LogP contribution in [0.3, 0.4) is 0 Å². The van der Waals surface area contributed by atoms with Crippen molar-refractivity contribution in [1.29, 1.82) is 0 Å². The van der Waals surface area contributed by atoms with Crippen molar-refractivity contribution in [3.8, 4) is 11.3 Å². The van der Waals surface area contributed by atoms with Crippen molar-refractivity contribution in [2.75, 3.05) is 6.54 Å². The monoisotopic (exact) mass is 320 g/mol. The van der Waals surface area contributed by atoms with Crippen molar-refractivity contribution in [3.63, 3.8) is 0 Å². The van der Waals surface area contributed by atoms with Crippen LogP contribution in [-0.4, -0.2) is 17.6 Å². The molecule has 0 radical (unpaired) electrons. The average molecular weight is 320 g/mol. The van der Waals surface area contributed by atoms with Crippen LogP contribution in [0.4, 0.5) is 0 Å². The number of carbonyl (C=O) groups is 1. The lowest BCUT2D eigenvalue weighted by atomic mass is 9.96. The zero-order chi connectivity index (χ0) is 16.9. The molecule has 1 N–H and O–H groups in total. The number of amides is 1. The number of carbonyl (C=O) groups excluding carboxylic acids is 1. The molecule has 122 valence electrons. The van der Waals surface area contributed by atoms with Gasteiger partial charge >= 0.3 is 0 Å². The molecule has 24 heavy (non-hydrogen) atoms. The molecule has 0 aliphatic heterocycles. The van der Waals surface area contributed by atoms with E-state index in [1.807, 2.05) is 42.5 Å². The highest BCUT2D eigenvalue weighted by atomic mass is 16.5. The summed E-state index contributed by atoms with van der Waals surface area (Å²) in [4.78, 5) is 12.3. The molecule has 4 nitrogen and oxygen atoms in total. The lowest BCUT2D eigenvalue weighted by Gasteiger charge is -2.14.